The Hall–Kier alpha value is -2.42. The highest BCUT2D eigenvalue weighted by molar-refractivity contribution is 5.96. The van der Waals surface area contributed by atoms with Crippen LogP contribution in [0.3, 0.4) is 0 Å². The second kappa shape index (κ2) is 6.50. The largest absolute Gasteiger partial charge is 0.480 e. The molecule has 104 valence electrons. The van der Waals surface area contributed by atoms with Crippen molar-refractivity contribution in [2.45, 2.75) is 6.61 Å². The Kier molecular flexibility index (Phi) is 5.01. The lowest BCUT2D eigenvalue weighted by Crippen LogP contribution is -2.41. The van der Waals surface area contributed by atoms with E-state index in [2.05, 4.69) is 5.16 Å². The average molecular weight is 271 g/mol. The molecule has 0 aliphatic heterocycles. The van der Waals surface area contributed by atoms with Crippen molar-refractivity contribution in [3.05, 3.63) is 17.5 Å². The number of nitrogens with zero attached hydrogens (tertiary/aromatic N) is 2. The third-order valence-electron chi connectivity index (χ3n) is 2.02. The predicted molar refractivity (Wildman–Crippen MR) is 59.9 cm³/mol. The van der Waals surface area contributed by atoms with Crippen LogP contribution in [0.5, 0.6) is 0 Å². The summed E-state index contributed by atoms with van der Waals surface area (Å²) in [5.74, 6) is -2.54. The summed E-state index contributed by atoms with van der Waals surface area (Å²) in [6, 6.07) is 1.31. The number of methoxy groups -OCH3 is 1. The van der Waals surface area contributed by atoms with Gasteiger partial charge in [0.1, 0.15) is 19.7 Å². The van der Waals surface area contributed by atoms with Crippen LogP contribution in [0.4, 0.5) is 0 Å². The second-order valence-electron chi connectivity index (χ2n) is 3.63. The van der Waals surface area contributed by atoms with Gasteiger partial charge in [-0.3, -0.25) is 14.4 Å². The summed E-state index contributed by atoms with van der Waals surface area (Å²) in [6.07, 6.45) is 0. The zero-order valence-electron chi connectivity index (χ0n) is 10.2. The Morgan fingerprint density at radius 2 is 2.16 bits per heavy atom. The molecule has 0 saturated heterocycles. The minimum absolute atomic E-state index is 0.116. The van der Waals surface area contributed by atoms with Gasteiger partial charge in [0.05, 0.1) is 0 Å². The molecule has 0 unspecified atom stereocenters. The predicted octanol–water partition coefficient (Wildman–Crippen LogP) is -1.17. The first-order valence-corrected chi connectivity index (χ1v) is 5.18. The molecule has 0 fully saturated rings. The lowest BCUT2D eigenvalue weighted by molar-refractivity contribution is -0.138. The molecule has 0 aromatic carbocycles. The molecule has 1 rings (SSSR count). The third-order valence-corrected chi connectivity index (χ3v) is 2.02. The summed E-state index contributed by atoms with van der Waals surface area (Å²) in [5, 5.41) is 12.2. The molecule has 9 heteroatoms. The van der Waals surface area contributed by atoms with Gasteiger partial charge in [-0.05, 0) is 0 Å². The molecule has 1 aromatic heterocycles. The van der Waals surface area contributed by atoms with E-state index >= 15 is 0 Å². The van der Waals surface area contributed by atoms with E-state index in [1.807, 2.05) is 0 Å². The summed E-state index contributed by atoms with van der Waals surface area (Å²) in [5.41, 5.74) is 4.83. The fraction of sp³-hybridized carbons (Fsp3) is 0.400. The molecule has 0 aliphatic carbocycles. The van der Waals surface area contributed by atoms with E-state index in [0.717, 1.165) is 4.90 Å². The van der Waals surface area contributed by atoms with Gasteiger partial charge in [-0.2, -0.15) is 0 Å². The Bertz CT molecular complexity index is 467. The van der Waals surface area contributed by atoms with Crippen LogP contribution in [0.25, 0.3) is 0 Å². The highest BCUT2D eigenvalue weighted by Gasteiger charge is 2.23. The van der Waals surface area contributed by atoms with Gasteiger partial charge in [-0.1, -0.05) is 5.16 Å². The van der Waals surface area contributed by atoms with Crippen molar-refractivity contribution in [2.24, 2.45) is 5.73 Å². The summed E-state index contributed by atoms with van der Waals surface area (Å²) < 4.78 is 9.58. The van der Waals surface area contributed by atoms with E-state index in [4.69, 9.17) is 20.1 Å². The van der Waals surface area contributed by atoms with Crippen LogP contribution in [-0.2, 0) is 20.9 Å². The molecule has 0 atom stereocenters. The first-order chi connectivity index (χ1) is 8.93. The molecular formula is C10H13N3O6. The van der Waals surface area contributed by atoms with E-state index < -0.39 is 30.9 Å². The van der Waals surface area contributed by atoms with Crippen molar-refractivity contribution in [2.75, 3.05) is 20.2 Å². The summed E-state index contributed by atoms with van der Waals surface area (Å²) in [4.78, 5) is 34.1. The van der Waals surface area contributed by atoms with E-state index in [1.165, 1.54) is 13.2 Å². The SMILES string of the molecule is COCc1cc(C(=O)N(CC(N)=O)CC(=O)O)no1. The number of carboxylic acid groups (broad SMARTS) is 1. The molecule has 0 bridgehead atoms. The van der Waals surface area contributed by atoms with Crippen LogP contribution in [0.1, 0.15) is 16.2 Å². The van der Waals surface area contributed by atoms with Crippen LogP contribution in [-0.4, -0.2) is 53.1 Å². The number of aromatic nitrogens is 1. The smallest absolute Gasteiger partial charge is 0.323 e. The van der Waals surface area contributed by atoms with Crippen LogP contribution in [0, 0.1) is 0 Å². The summed E-state index contributed by atoms with van der Waals surface area (Å²) >= 11 is 0. The number of primary amides is 1. The molecule has 3 N–H and O–H groups in total. The molecule has 1 aromatic rings. The topological polar surface area (TPSA) is 136 Å². The fourth-order valence-electron chi connectivity index (χ4n) is 1.34. The van der Waals surface area contributed by atoms with Crippen LogP contribution in [0.15, 0.2) is 10.6 Å². The summed E-state index contributed by atoms with van der Waals surface area (Å²) in [7, 11) is 1.44. The highest BCUT2D eigenvalue weighted by atomic mass is 16.5. The van der Waals surface area contributed by atoms with Crippen LogP contribution in [0.2, 0.25) is 0 Å². The van der Waals surface area contributed by atoms with Gasteiger partial charge in [-0.25, -0.2) is 0 Å². The number of ether oxygens (including phenoxy) is 1. The number of rotatable bonds is 7. The quantitative estimate of drug-likeness (QED) is 0.637. The number of hydrogen-bond donors (Lipinski definition) is 2. The van der Waals surface area contributed by atoms with Crippen molar-refractivity contribution in [3.63, 3.8) is 0 Å². The number of nitrogens with two attached hydrogens (primary N) is 1. The van der Waals surface area contributed by atoms with Gasteiger partial charge in [0.25, 0.3) is 5.91 Å². The molecule has 0 spiro atoms. The zero-order chi connectivity index (χ0) is 14.4. The van der Waals surface area contributed by atoms with Crippen LogP contribution < -0.4 is 5.73 Å². The van der Waals surface area contributed by atoms with Crippen LogP contribution >= 0.6 is 0 Å². The molecule has 9 nitrogen and oxygen atoms in total. The van der Waals surface area contributed by atoms with Gasteiger partial charge in [-0.15, -0.1) is 0 Å². The Balaban J connectivity index is 2.84. The van der Waals surface area contributed by atoms with E-state index in [1.54, 1.807) is 0 Å². The Labute approximate surface area is 107 Å². The number of amides is 2. The van der Waals surface area contributed by atoms with Gasteiger partial charge < -0.3 is 25.0 Å². The Morgan fingerprint density at radius 3 is 2.68 bits per heavy atom. The van der Waals surface area contributed by atoms with Gasteiger partial charge in [0.2, 0.25) is 5.91 Å². The maximum absolute atomic E-state index is 11.9. The maximum atomic E-state index is 11.9. The number of carbonyl (C=O) groups is 3. The minimum atomic E-state index is -1.27. The molecule has 0 aliphatic rings. The molecule has 2 amide bonds. The zero-order valence-corrected chi connectivity index (χ0v) is 10.2. The van der Waals surface area contributed by atoms with E-state index in [-0.39, 0.29) is 12.3 Å². The second-order valence-corrected chi connectivity index (χ2v) is 3.63. The first-order valence-electron chi connectivity index (χ1n) is 5.18. The van der Waals surface area contributed by atoms with E-state index in [9.17, 15) is 14.4 Å². The minimum Gasteiger partial charge on any atom is -0.480 e. The van der Waals surface area contributed by atoms with Crippen molar-refractivity contribution >= 4 is 17.8 Å². The molecule has 0 radical (unpaired) electrons. The van der Waals surface area contributed by atoms with Gasteiger partial charge >= 0.3 is 5.97 Å². The standard InChI is InChI=1S/C10H13N3O6/c1-18-5-6-2-7(12-19-6)10(17)13(3-8(11)14)4-9(15)16/h2H,3-5H2,1H3,(H2,11,14)(H,15,16). The van der Waals surface area contributed by atoms with Crippen molar-refractivity contribution in [1.29, 1.82) is 0 Å². The molecule has 1 heterocycles. The number of carbonyl (C=O) groups excluding carboxylic acids is 2. The Morgan fingerprint density at radius 1 is 1.47 bits per heavy atom. The fourth-order valence-corrected chi connectivity index (χ4v) is 1.34. The number of hydrogen-bond acceptors (Lipinski definition) is 6. The van der Waals surface area contributed by atoms with Crippen molar-refractivity contribution < 1.29 is 28.8 Å². The average Bonchev–Trinajstić information content (AvgIpc) is 2.75. The van der Waals surface area contributed by atoms with Crippen molar-refractivity contribution in [3.8, 4) is 0 Å². The van der Waals surface area contributed by atoms with Gasteiger partial charge in [0.15, 0.2) is 11.5 Å². The van der Waals surface area contributed by atoms with E-state index in [0.29, 0.717) is 5.76 Å². The normalized spacial score (nSPS) is 10.2. The maximum Gasteiger partial charge on any atom is 0.323 e. The lowest BCUT2D eigenvalue weighted by Gasteiger charge is -2.16. The van der Waals surface area contributed by atoms with Crippen molar-refractivity contribution in [1.82, 2.24) is 10.1 Å². The molecular weight excluding hydrogens is 258 g/mol. The number of aliphatic carboxylic acids is 1. The lowest BCUT2D eigenvalue weighted by atomic mass is 10.3. The number of carboxylic acids is 1. The first kappa shape index (κ1) is 14.6. The summed E-state index contributed by atoms with van der Waals surface area (Å²) in [6.45, 7) is -1.05. The monoisotopic (exact) mass is 271 g/mol. The van der Waals surface area contributed by atoms with Gasteiger partial charge in [0, 0.05) is 13.2 Å². The third kappa shape index (κ3) is 4.39. The molecule has 19 heavy (non-hydrogen) atoms. The molecule has 0 saturated carbocycles. The highest BCUT2D eigenvalue weighted by Crippen LogP contribution is 2.08.